The van der Waals surface area contributed by atoms with E-state index in [1.54, 1.807) is 18.3 Å². The molecule has 4 rings (SSSR count). The fraction of sp³-hybridized carbons (Fsp3) is 0.421. The van der Waals surface area contributed by atoms with E-state index < -0.39 is 0 Å². The maximum absolute atomic E-state index is 13.9. The van der Waals surface area contributed by atoms with Crippen molar-refractivity contribution in [2.45, 2.75) is 31.2 Å². The molecule has 2 aromatic rings. The van der Waals surface area contributed by atoms with E-state index in [1.807, 2.05) is 23.1 Å². The number of benzene rings is 1. The molecule has 1 saturated heterocycles. The molecule has 1 aliphatic heterocycles. The van der Waals surface area contributed by atoms with E-state index in [4.69, 9.17) is 0 Å². The minimum absolute atomic E-state index is 0.0455. The average molecular weight is 340 g/mol. The molecule has 5 nitrogen and oxygen atoms in total. The molecule has 0 spiro atoms. The van der Waals surface area contributed by atoms with Gasteiger partial charge in [0, 0.05) is 31.2 Å². The quantitative estimate of drug-likeness (QED) is 0.930. The van der Waals surface area contributed by atoms with Crippen LogP contribution in [0.5, 0.6) is 0 Å². The molecule has 1 N–H and O–H groups in total. The number of hydrogen-bond acceptors (Lipinski definition) is 4. The monoisotopic (exact) mass is 340 g/mol. The number of halogens is 1. The molecule has 0 bridgehead atoms. The van der Waals surface area contributed by atoms with Crippen LogP contribution in [0.15, 0.2) is 42.6 Å². The second-order valence-corrected chi connectivity index (χ2v) is 6.82. The van der Waals surface area contributed by atoms with Crippen LogP contribution >= 0.6 is 0 Å². The Morgan fingerprint density at radius 1 is 1.16 bits per heavy atom. The number of carbonyl (C=O) groups is 1. The van der Waals surface area contributed by atoms with Gasteiger partial charge in [0.1, 0.15) is 11.6 Å². The van der Waals surface area contributed by atoms with Gasteiger partial charge in [0.25, 0.3) is 0 Å². The zero-order valence-corrected chi connectivity index (χ0v) is 13.9. The predicted molar refractivity (Wildman–Crippen MR) is 92.5 cm³/mol. The van der Waals surface area contributed by atoms with Crippen LogP contribution in [0, 0.1) is 11.7 Å². The molecular formula is C19H21FN4O. The number of aromatic nitrogens is 2. The lowest BCUT2D eigenvalue weighted by molar-refractivity contribution is -0.133. The molecule has 2 aliphatic rings. The van der Waals surface area contributed by atoms with Crippen molar-refractivity contribution in [2.24, 2.45) is 5.92 Å². The predicted octanol–water partition coefficient (Wildman–Crippen LogP) is 2.82. The third-order valence-corrected chi connectivity index (χ3v) is 5.14. The molecule has 0 radical (unpaired) electrons. The summed E-state index contributed by atoms with van der Waals surface area (Å²) in [4.78, 5) is 14.6. The molecule has 0 unspecified atom stereocenters. The Morgan fingerprint density at radius 2 is 1.96 bits per heavy atom. The van der Waals surface area contributed by atoms with E-state index in [0.717, 1.165) is 38.2 Å². The molecule has 1 aromatic heterocycles. The lowest BCUT2D eigenvalue weighted by Gasteiger charge is -2.32. The van der Waals surface area contributed by atoms with Crippen molar-refractivity contribution in [3.63, 3.8) is 0 Å². The van der Waals surface area contributed by atoms with Crippen molar-refractivity contribution in [1.82, 2.24) is 15.1 Å². The summed E-state index contributed by atoms with van der Waals surface area (Å²) in [7, 11) is 0. The van der Waals surface area contributed by atoms with Crippen LogP contribution in [0.3, 0.4) is 0 Å². The SMILES string of the molecule is O=C([C@@H]1C[C@H]1c1ccccc1F)N1CCC(Nc2cccnn2)CC1. The molecule has 1 aliphatic carbocycles. The van der Waals surface area contributed by atoms with Crippen molar-refractivity contribution in [3.8, 4) is 0 Å². The first-order valence-corrected chi connectivity index (χ1v) is 8.80. The number of piperidine rings is 1. The Bertz CT molecular complexity index is 746. The van der Waals surface area contributed by atoms with Gasteiger partial charge < -0.3 is 10.2 Å². The normalized spacial score (nSPS) is 23.3. The highest BCUT2D eigenvalue weighted by Gasteiger charge is 2.47. The van der Waals surface area contributed by atoms with Gasteiger partial charge in [0.2, 0.25) is 5.91 Å². The highest BCUT2D eigenvalue weighted by molar-refractivity contribution is 5.83. The van der Waals surface area contributed by atoms with E-state index in [2.05, 4.69) is 15.5 Å². The van der Waals surface area contributed by atoms with Gasteiger partial charge in [0.15, 0.2) is 0 Å². The van der Waals surface area contributed by atoms with Gasteiger partial charge in [-0.05, 0) is 48.9 Å². The largest absolute Gasteiger partial charge is 0.366 e. The highest BCUT2D eigenvalue weighted by Crippen LogP contribution is 2.49. The Morgan fingerprint density at radius 3 is 2.68 bits per heavy atom. The van der Waals surface area contributed by atoms with Gasteiger partial charge in [-0.3, -0.25) is 4.79 Å². The molecule has 1 amide bonds. The Balaban J connectivity index is 1.30. The second-order valence-electron chi connectivity index (χ2n) is 6.82. The van der Waals surface area contributed by atoms with Gasteiger partial charge in [-0.15, -0.1) is 5.10 Å². The van der Waals surface area contributed by atoms with Crippen LogP contribution in [0.1, 0.15) is 30.7 Å². The molecule has 2 atom stereocenters. The summed E-state index contributed by atoms with van der Waals surface area (Å²) in [6.07, 6.45) is 4.18. The number of carbonyl (C=O) groups excluding carboxylic acids is 1. The zero-order valence-electron chi connectivity index (χ0n) is 13.9. The van der Waals surface area contributed by atoms with Crippen molar-refractivity contribution >= 4 is 11.7 Å². The van der Waals surface area contributed by atoms with Crippen LogP contribution in [-0.2, 0) is 4.79 Å². The molecule has 1 saturated carbocycles. The Labute approximate surface area is 146 Å². The lowest BCUT2D eigenvalue weighted by atomic mass is 10.0. The fourth-order valence-corrected chi connectivity index (χ4v) is 3.65. The van der Waals surface area contributed by atoms with Crippen LogP contribution in [0.4, 0.5) is 10.2 Å². The maximum Gasteiger partial charge on any atom is 0.226 e. The van der Waals surface area contributed by atoms with Gasteiger partial charge in [-0.1, -0.05) is 18.2 Å². The molecule has 130 valence electrons. The number of nitrogens with zero attached hydrogens (tertiary/aromatic N) is 3. The Kier molecular flexibility index (Phi) is 4.34. The third-order valence-electron chi connectivity index (χ3n) is 5.14. The van der Waals surface area contributed by atoms with E-state index in [1.165, 1.54) is 6.07 Å². The van der Waals surface area contributed by atoms with Crippen LogP contribution in [0.25, 0.3) is 0 Å². The molecule has 2 heterocycles. The van der Waals surface area contributed by atoms with Crippen LogP contribution in [0.2, 0.25) is 0 Å². The number of hydrogen-bond donors (Lipinski definition) is 1. The number of rotatable bonds is 4. The number of anilines is 1. The zero-order chi connectivity index (χ0) is 17.2. The minimum atomic E-state index is -0.199. The first-order chi connectivity index (χ1) is 12.2. The van der Waals surface area contributed by atoms with Crippen molar-refractivity contribution in [3.05, 3.63) is 54.0 Å². The standard InChI is InChI=1S/C19H21FN4O/c20-17-5-2-1-4-14(17)15-12-16(15)19(25)24-10-7-13(8-11-24)22-18-6-3-9-21-23-18/h1-6,9,13,15-16H,7-8,10-12H2,(H,22,23)/t15-,16+/m0/s1. The molecule has 2 fully saturated rings. The summed E-state index contributed by atoms with van der Waals surface area (Å²) in [6, 6.07) is 10.8. The third kappa shape index (κ3) is 3.48. The van der Waals surface area contributed by atoms with E-state index in [9.17, 15) is 9.18 Å². The summed E-state index contributed by atoms with van der Waals surface area (Å²) in [5, 5.41) is 11.3. The summed E-state index contributed by atoms with van der Waals surface area (Å²) < 4.78 is 13.9. The van der Waals surface area contributed by atoms with Crippen molar-refractivity contribution < 1.29 is 9.18 Å². The topological polar surface area (TPSA) is 58.1 Å². The van der Waals surface area contributed by atoms with Gasteiger partial charge in [0.05, 0.1) is 0 Å². The van der Waals surface area contributed by atoms with Crippen LogP contribution in [-0.4, -0.2) is 40.1 Å². The first-order valence-electron chi connectivity index (χ1n) is 8.80. The number of likely N-dealkylation sites (tertiary alicyclic amines) is 1. The summed E-state index contributed by atoms with van der Waals surface area (Å²) in [5.74, 6) is 0.737. The maximum atomic E-state index is 13.9. The Hall–Kier alpha value is -2.50. The minimum Gasteiger partial charge on any atom is -0.366 e. The lowest BCUT2D eigenvalue weighted by Crippen LogP contribution is -2.43. The molecule has 25 heavy (non-hydrogen) atoms. The van der Waals surface area contributed by atoms with Gasteiger partial charge in [-0.2, -0.15) is 5.10 Å². The van der Waals surface area contributed by atoms with E-state index >= 15 is 0 Å². The summed E-state index contributed by atoms with van der Waals surface area (Å²) >= 11 is 0. The molecular weight excluding hydrogens is 319 g/mol. The smallest absolute Gasteiger partial charge is 0.226 e. The summed E-state index contributed by atoms with van der Waals surface area (Å²) in [6.45, 7) is 1.47. The van der Waals surface area contributed by atoms with Crippen molar-refractivity contribution in [2.75, 3.05) is 18.4 Å². The number of amides is 1. The molecule has 6 heteroatoms. The van der Waals surface area contributed by atoms with Crippen LogP contribution < -0.4 is 5.32 Å². The first kappa shape index (κ1) is 16.0. The van der Waals surface area contributed by atoms with E-state index in [-0.39, 0.29) is 23.6 Å². The van der Waals surface area contributed by atoms with E-state index in [0.29, 0.717) is 11.6 Å². The second kappa shape index (κ2) is 6.78. The van der Waals surface area contributed by atoms with Gasteiger partial charge >= 0.3 is 0 Å². The van der Waals surface area contributed by atoms with Crippen molar-refractivity contribution in [1.29, 1.82) is 0 Å². The average Bonchev–Trinajstić information content (AvgIpc) is 3.44. The number of nitrogens with one attached hydrogen (secondary N) is 1. The highest BCUT2D eigenvalue weighted by atomic mass is 19.1. The summed E-state index contributed by atoms with van der Waals surface area (Å²) in [5.41, 5.74) is 0.681. The van der Waals surface area contributed by atoms with Gasteiger partial charge in [-0.25, -0.2) is 4.39 Å². The fourth-order valence-electron chi connectivity index (χ4n) is 3.65. The molecule has 1 aromatic carbocycles.